The van der Waals surface area contributed by atoms with E-state index in [0.717, 1.165) is 22.2 Å². The summed E-state index contributed by atoms with van der Waals surface area (Å²) in [7, 11) is 3.44. The van der Waals surface area contributed by atoms with E-state index in [1.54, 1.807) is 78.9 Å². The molecule has 0 bridgehead atoms. The van der Waals surface area contributed by atoms with Crippen molar-refractivity contribution in [1.82, 2.24) is 13.7 Å². The van der Waals surface area contributed by atoms with Gasteiger partial charge in [0.25, 0.3) is 5.56 Å². The molecule has 0 fully saturated rings. The molecule has 2 aromatic carbocycles. The van der Waals surface area contributed by atoms with Crippen molar-refractivity contribution in [3.05, 3.63) is 100 Å². The number of imidazole rings is 1. The largest absolute Gasteiger partial charge is 0.459 e. The second-order valence-corrected chi connectivity index (χ2v) is 10.7. The molecule has 10 heteroatoms. The first-order valence-electron chi connectivity index (χ1n) is 11.7. The summed E-state index contributed by atoms with van der Waals surface area (Å²) >= 11 is 7.37. The van der Waals surface area contributed by atoms with Crippen LogP contribution in [0.2, 0.25) is 5.02 Å². The van der Waals surface area contributed by atoms with Crippen molar-refractivity contribution in [2.75, 3.05) is 0 Å². The van der Waals surface area contributed by atoms with Crippen LogP contribution in [0.4, 0.5) is 0 Å². The van der Waals surface area contributed by atoms with Crippen LogP contribution in [0.25, 0.3) is 17.1 Å². The maximum absolute atomic E-state index is 13.8. The number of rotatable bonds is 4. The fraction of sp³-hybridized carbons (Fsp3) is 0.259. The molecule has 0 radical (unpaired) electrons. The van der Waals surface area contributed by atoms with Gasteiger partial charge in [0.1, 0.15) is 0 Å². The predicted octanol–water partition coefficient (Wildman–Crippen LogP) is 3.03. The maximum atomic E-state index is 13.8. The SMILES string of the molecule is CC1=C(C(=O)OC(C)C)[C@@H](c2ccc(Cl)cc2)n2c(s/c(=C/c3ccc4c(c3)n(C)c(=O)n4C)c2=O)=N1. The minimum atomic E-state index is -0.709. The van der Waals surface area contributed by atoms with Crippen molar-refractivity contribution >= 4 is 46.0 Å². The number of ether oxygens (including phenoxy) is 1. The average molecular weight is 537 g/mol. The molecule has 37 heavy (non-hydrogen) atoms. The molecule has 8 nitrogen and oxygen atoms in total. The van der Waals surface area contributed by atoms with Crippen LogP contribution in [0.3, 0.4) is 0 Å². The van der Waals surface area contributed by atoms with E-state index in [4.69, 9.17) is 16.3 Å². The number of thiazole rings is 1. The first kappa shape index (κ1) is 25.0. The summed E-state index contributed by atoms with van der Waals surface area (Å²) in [6.45, 7) is 5.31. The Hall–Kier alpha value is -3.69. The zero-order chi connectivity index (χ0) is 26.6. The number of esters is 1. The van der Waals surface area contributed by atoms with E-state index in [-0.39, 0.29) is 17.4 Å². The number of halogens is 1. The Bertz CT molecular complexity index is 1840. The Balaban J connectivity index is 1.71. The van der Waals surface area contributed by atoms with Gasteiger partial charge >= 0.3 is 11.7 Å². The molecule has 0 aliphatic carbocycles. The quantitative estimate of drug-likeness (QED) is 0.375. The Labute approximate surface area is 221 Å². The highest BCUT2D eigenvalue weighted by molar-refractivity contribution is 7.07. The maximum Gasteiger partial charge on any atom is 0.338 e. The van der Waals surface area contributed by atoms with E-state index in [9.17, 15) is 14.4 Å². The van der Waals surface area contributed by atoms with Crippen molar-refractivity contribution in [3.63, 3.8) is 0 Å². The molecule has 0 amide bonds. The highest BCUT2D eigenvalue weighted by Gasteiger charge is 2.33. The van der Waals surface area contributed by atoms with Gasteiger partial charge in [0.2, 0.25) is 0 Å². The van der Waals surface area contributed by atoms with E-state index in [2.05, 4.69) is 4.99 Å². The zero-order valence-corrected chi connectivity index (χ0v) is 22.6. The van der Waals surface area contributed by atoms with Crippen molar-refractivity contribution in [2.24, 2.45) is 19.1 Å². The van der Waals surface area contributed by atoms with Gasteiger partial charge < -0.3 is 4.74 Å². The van der Waals surface area contributed by atoms with E-state index in [0.29, 0.717) is 25.6 Å². The number of fused-ring (bicyclic) bond motifs is 2. The number of aryl methyl sites for hydroxylation is 2. The summed E-state index contributed by atoms with van der Waals surface area (Å²) in [4.78, 5) is 44.4. The van der Waals surface area contributed by atoms with E-state index in [1.807, 2.05) is 18.2 Å². The number of carbonyl (C=O) groups is 1. The lowest BCUT2D eigenvalue weighted by Crippen LogP contribution is -2.40. The van der Waals surface area contributed by atoms with Crippen LogP contribution in [-0.2, 0) is 23.6 Å². The molecule has 5 rings (SSSR count). The molecule has 0 saturated carbocycles. The zero-order valence-electron chi connectivity index (χ0n) is 21.0. The van der Waals surface area contributed by atoms with Crippen LogP contribution in [-0.4, -0.2) is 25.8 Å². The minimum absolute atomic E-state index is 0.120. The summed E-state index contributed by atoms with van der Waals surface area (Å²) in [5, 5.41) is 0.550. The molecule has 2 aromatic heterocycles. The van der Waals surface area contributed by atoms with Gasteiger partial charge in [-0.2, -0.15) is 0 Å². The first-order chi connectivity index (χ1) is 17.6. The normalized spacial score (nSPS) is 15.9. The van der Waals surface area contributed by atoms with Gasteiger partial charge in [-0.15, -0.1) is 0 Å². The second-order valence-electron chi connectivity index (χ2n) is 9.24. The third-order valence-corrected chi connectivity index (χ3v) is 7.60. The van der Waals surface area contributed by atoms with Gasteiger partial charge in [0, 0.05) is 19.1 Å². The van der Waals surface area contributed by atoms with Crippen LogP contribution in [0, 0.1) is 0 Å². The smallest absolute Gasteiger partial charge is 0.338 e. The number of hydrogen-bond acceptors (Lipinski definition) is 6. The lowest BCUT2D eigenvalue weighted by Gasteiger charge is -2.25. The highest BCUT2D eigenvalue weighted by atomic mass is 35.5. The Morgan fingerprint density at radius 2 is 1.76 bits per heavy atom. The number of allylic oxidation sites excluding steroid dienone is 1. The van der Waals surface area contributed by atoms with E-state index in [1.165, 1.54) is 11.3 Å². The van der Waals surface area contributed by atoms with Gasteiger partial charge in [-0.3, -0.25) is 18.5 Å². The molecule has 0 saturated heterocycles. The minimum Gasteiger partial charge on any atom is -0.459 e. The molecule has 0 N–H and O–H groups in total. The van der Waals surface area contributed by atoms with E-state index < -0.39 is 12.0 Å². The summed E-state index contributed by atoms with van der Waals surface area (Å²) in [5.41, 5.74) is 3.49. The van der Waals surface area contributed by atoms with Gasteiger partial charge in [0.05, 0.1) is 39.0 Å². The Morgan fingerprint density at radius 1 is 1.08 bits per heavy atom. The van der Waals surface area contributed by atoms with Crippen molar-refractivity contribution in [3.8, 4) is 0 Å². The molecule has 4 aromatic rings. The number of benzene rings is 2. The molecular weight excluding hydrogens is 512 g/mol. The molecule has 1 atom stereocenters. The highest BCUT2D eigenvalue weighted by Crippen LogP contribution is 2.31. The molecular formula is C27H25ClN4O4S. The summed E-state index contributed by atoms with van der Waals surface area (Å²) in [5.74, 6) is -0.513. The van der Waals surface area contributed by atoms with Crippen LogP contribution < -0.4 is 20.6 Å². The van der Waals surface area contributed by atoms with Crippen molar-refractivity contribution < 1.29 is 9.53 Å². The van der Waals surface area contributed by atoms with Gasteiger partial charge in [-0.05, 0) is 62.2 Å². The molecule has 0 unspecified atom stereocenters. The third-order valence-electron chi connectivity index (χ3n) is 6.36. The molecule has 1 aliphatic rings. The summed E-state index contributed by atoms with van der Waals surface area (Å²) < 4.78 is 10.7. The van der Waals surface area contributed by atoms with Crippen molar-refractivity contribution in [2.45, 2.75) is 32.9 Å². The van der Waals surface area contributed by atoms with Gasteiger partial charge in [-0.1, -0.05) is 41.1 Å². The number of carbonyl (C=O) groups excluding carboxylic acids is 1. The Morgan fingerprint density at radius 3 is 2.43 bits per heavy atom. The van der Waals surface area contributed by atoms with Crippen LogP contribution in [0.5, 0.6) is 0 Å². The second kappa shape index (κ2) is 9.32. The monoisotopic (exact) mass is 536 g/mol. The molecule has 0 spiro atoms. The van der Waals surface area contributed by atoms with Crippen molar-refractivity contribution in [1.29, 1.82) is 0 Å². The third kappa shape index (κ3) is 4.28. The van der Waals surface area contributed by atoms with Gasteiger partial charge in [0.15, 0.2) is 4.80 Å². The lowest BCUT2D eigenvalue weighted by atomic mass is 9.96. The summed E-state index contributed by atoms with van der Waals surface area (Å²) in [6.07, 6.45) is 1.46. The molecule has 190 valence electrons. The van der Waals surface area contributed by atoms with Crippen LogP contribution >= 0.6 is 22.9 Å². The fourth-order valence-electron chi connectivity index (χ4n) is 4.59. The Kier molecular flexibility index (Phi) is 6.29. The number of hydrogen-bond donors (Lipinski definition) is 0. The standard InChI is InChI=1S/C27H25ClN4O4S/c1-14(2)36-25(34)22-15(3)29-26-32(23(22)17-7-9-18(28)10-8-17)24(33)21(37-26)13-16-6-11-19-20(12-16)31(5)27(35)30(19)4/h6-14,23H,1-5H3/b21-13+/t23-/m1/s1. The van der Waals surface area contributed by atoms with E-state index >= 15 is 0 Å². The van der Waals surface area contributed by atoms with Crippen LogP contribution in [0.1, 0.15) is 37.9 Å². The molecule has 3 heterocycles. The van der Waals surface area contributed by atoms with Crippen LogP contribution in [0.15, 0.2) is 68.3 Å². The lowest BCUT2D eigenvalue weighted by molar-refractivity contribution is -0.143. The fourth-order valence-corrected chi connectivity index (χ4v) is 5.76. The predicted molar refractivity (Wildman–Crippen MR) is 145 cm³/mol. The number of aromatic nitrogens is 3. The van der Waals surface area contributed by atoms with Gasteiger partial charge in [-0.25, -0.2) is 14.6 Å². The first-order valence-corrected chi connectivity index (χ1v) is 12.9. The number of nitrogens with zero attached hydrogens (tertiary/aromatic N) is 4. The summed E-state index contributed by atoms with van der Waals surface area (Å²) in [6, 6.07) is 12.0. The average Bonchev–Trinajstić information content (AvgIpc) is 3.26. The molecule has 1 aliphatic heterocycles. The topological polar surface area (TPSA) is 87.6 Å².